The molecule has 158 valence electrons. The van der Waals surface area contributed by atoms with Gasteiger partial charge in [0.05, 0.1) is 33.1 Å². The summed E-state index contributed by atoms with van der Waals surface area (Å²) in [6, 6.07) is 14.0. The summed E-state index contributed by atoms with van der Waals surface area (Å²) in [6.07, 6.45) is 0. The first-order valence-electron chi connectivity index (χ1n) is 9.25. The third-order valence-electron chi connectivity index (χ3n) is 4.71. The van der Waals surface area contributed by atoms with Crippen LogP contribution in [0.4, 0.5) is 5.69 Å². The van der Waals surface area contributed by atoms with E-state index in [9.17, 15) is 10.1 Å². The molecule has 0 saturated heterocycles. The number of benzene rings is 3. The zero-order valence-electron chi connectivity index (χ0n) is 16.6. The summed E-state index contributed by atoms with van der Waals surface area (Å²) in [5.74, 6) is 0.702. The van der Waals surface area contributed by atoms with Gasteiger partial charge in [-0.1, -0.05) is 53.0 Å². The monoisotopic (exact) mass is 457 g/mol. The summed E-state index contributed by atoms with van der Waals surface area (Å²) in [5.41, 5.74) is 3.46. The molecule has 1 N–H and O–H groups in total. The average Bonchev–Trinajstić information content (AvgIpc) is 3.14. The fraction of sp³-hybridized carbons (Fsp3) is 0.136. The lowest BCUT2D eigenvalue weighted by Crippen LogP contribution is -2.02. The maximum Gasteiger partial charge on any atom is 0.315 e. The molecule has 0 spiro atoms. The van der Waals surface area contributed by atoms with Crippen molar-refractivity contribution < 1.29 is 14.4 Å². The van der Waals surface area contributed by atoms with E-state index in [1.165, 1.54) is 13.2 Å². The van der Waals surface area contributed by atoms with Crippen molar-refractivity contribution in [3.8, 4) is 22.9 Å². The van der Waals surface area contributed by atoms with Gasteiger partial charge in [0.1, 0.15) is 12.4 Å². The van der Waals surface area contributed by atoms with Gasteiger partial charge in [0.15, 0.2) is 5.75 Å². The number of methoxy groups -OCH3 is 1. The molecule has 0 bridgehead atoms. The summed E-state index contributed by atoms with van der Waals surface area (Å²) in [6.45, 7) is 2.13. The van der Waals surface area contributed by atoms with E-state index in [1.807, 2.05) is 31.2 Å². The number of aryl methyl sites for hydroxylation is 1. The average molecular weight is 458 g/mol. The van der Waals surface area contributed by atoms with E-state index in [0.717, 1.165) is 11.1 Å². The largest absolute Gasteiger partial charge is 0.493 e. The fourth-order valence-electron chi connectivity index (χ4n) is 3.26. The molecule has 0 amide bonds. The number of aromatic amines is 1. The highest BCUT2D eigenvalue weighted by atomic mass is 35.5. The molecule has 4 rings (SSSR count). The Kier molecular flexibility index (Phi) is 5.71. The molecule has 7 nitrogen and oxygen atoms in total. The Morgan fingerprint density at radius 1 is 1.13 bits per heavy atom. The Morgan fingerprint density at radius 3 is 2.61 bits per heavy atom. The van der Waals surface area contributed by atoms with Crippen molar-refractivity contribution in [3.05, 3.63) is 79.8 Å². The van der Waals surface area contributed by atoms with E-state index >= 15 is 0 Å². The van der Waals surface area contributed by atoms with E-state index in [-0.39, 0.29) is 23.8 Å². The lowest BCUT2D eigenvalue weighted by atomic mass is 10.1. The highest BCUT2D eigenvalue weighted by molar-refractivity contribution is 6.42. The van der Waals surface area contributed by atoms with Gasteiger partial charge in [-0.3, -0.25) is 10.1 Å². The van der Waals surface area contributed by atoms with E-state index < -0.39 is 4.92 Å². The van der Waals surface area contributed by atoms with Gasteiger partial charge in [-0.25, -0.2) is 4.98 Å². The molecule has 0 unspecified atom stereocenters. The van der Waals surface area contributed by atoms with Crippen LogP contribution in [0.1, 0.15) is 11.1 Å². The molecule has 9 heteroatoms. The number of hydrogen-bond donors (Lipinski definition) is 1. The lowest BCUT2D eigenvalue weighted by Gasteiger charge is -2.12. The SMILES string of the molecule is COc1cc(-c2nc3cc(Cl)c(Cl)cc3[nH]2)cc([N+](=O)[O-])c1OCc1cccc(C)c1. The number of nitrogens with zero attached hydrogens (tertiary/aromatic N) is 2. The van der Waals surface area contributed by atoms with Crippen molar-refractivity contribution in [1.29, 1.82) is 0 Å². The Labute approximate surface area is 187 Å². The highest BCUT2D eigenvalue weighted by Crippen LogP contribution is 2.41. The van der Waals surface area contributed by atoms with Gasteiger partial charge in [0.25, 0.3) is 0 Å². The summed E-state index contributed by atoms with van der Waals surface area (Å²) in [4.78, 5) is 18.9. The Bertz CT molecular complexity index is 1260. The van der Waals surface area contributed by atoms with Crippen LogP contribution in [0.25, 0.3) is 22.4 Å². The zero-order valence-corrected chi connectivity index (χ0v) is 18.1. The van der Waals surface area contributed by atoms with Crippen molar-refractivity contribution in [3.63, 3.8) is 0 Å². The Balaban J connectivity index is 1.75. The van der Waals surface area contributed by atoms with Crippen molar-refractivity contribution in [2.75, 3.05) is 7.11 Å². The smallest absolute Gasteiger partial charge is 0.315 e. The number of fused-ring (bicyclic) bond motifs is 1. The third-order valence-corrected chi connectivity index (χ3v) is 5.44. The number of halogens is 2. The van der Waals surface area contributed by atoms with Crippen LogP contribution in [-0.4, -0.2) is 22.0 Å². The molecule has 0 radical (unpaired) electrons. The number of ether oxygens (including phenoxy) is 2. The molecule has 1 heterocycles. The first-order chi connectivity index (χ1) is 14.9. The van der Waals surface area contributed by atoms with Crippen LogP contribution >= 0.6 is 23.2 Å². The molecule has 0 fully saturated rings. The first-order valence-corrected chi connectivity index (χ1v) is 10.0. The second-order valence-corrected chi connectivity index (χ2v) is 7.74. The van der Waals surface area contributed by atoms with Crippen molar-refractivity contribution in [2.24, 2.45) is 0 Å². The van der Waals surface area contributed by atoms with Gasteiger partial charge >= 0.3 is 5.69 Å². The molecule has 0 aliphatic carbocycles. The number of rotatable bonds is 6. The van der Waals surface area contributed by atoms with Gasteiger partial charge in [-0.05, 0) is 30.7 Å². The number of nitro groups is 1. The molecule has 31 heavy (non-hydrogen) atoms. The van der Waals surface area contributed by atoms with Crippen LogP contribution in [0.15, 0.2) is 48.5 Å². The topological polar surface area (TPSA) is 90.3 Å². The molecule has 0 atom stereocenters. The predicted molar refractivity (Wildman–Crippen MR) is 120 cm³/mol. The normalized spacial score (nSPS) is 11.0. The minimum atomic E-state index is -0.506. The van der Waals surface area contributed by atoms with Gasteiger partial charge in [0, 0.05) is 11.6 Å². The number of imidazole rings is 1. The lowest BCUT2D eigenvalue weighted by molar-refractivity contribution is -0.386. The summed E-state index contributed by atoms with van der Waals surface area (Å²) >= 11 is 12.1. The van der Waals surface area contributed by atoms with E-state index in [1.54, 1.807) is 18.2 Å². The standard InChI is InChI=1S/C22H17Cl2N3O4/c1-12-4-3-5-13(6-12)11-31-21-19(27(28)29)7-14(8-20(21)30-2)22-25-17-9-15(23)16(24)10-18(17)26-22/h3-10H,11H2,1-2H3,(H,25,26). The number of hydrogen-bond acceptors (Lipinski definition) is 5. The minimum absolute atomic E-state index is 0.0555. The van der Waals surface area contributed by atoms with Crippen LogP contribution in [0.2, 0.25) is 10.0 Å². The third kappa shape index (κ3) is 4.28. The Morgan fingerprint density at radius 2 is 1.90 bits per heavy atom. The van der Waals surface area contributed by atoms with Gasteiger partial charge in [0.2, 0.25) is 5.75 Å². The maximum absolute atomic E-state index is 11.8. The molecule has 0 saturated carbocycles. The summed E-state index contributed by atoms with van der Waals surface area (Å²) < 4.78 is 11.2. The summed E-state index contributed by atoms with van der Waals surface area (Å²) in [7, 11) is 1.43. The maximum atomic E-state index is 11.8. The number of nitro benzene ring substituents is 1. The quantitative estimate of drug-likeness (QED) is 0.269. The number of aromatic nitrogens is 2. The van der Waals surface area contributed by atoms with Crippen LogP contribution < -0.4 is 9.47 Å². The second kappa shape index (κ2) is 8.45. The fourth-order valence-corrected chi connectivity index (χ4v) is 3.58. The van der Waals surface area contributed by atoms with Crippen molar-refractivity contribution >= 4 is 39.9 Å². The van der Waals surface area contributed by atoms with Crippen molar-refractivity contribution in [2.45, 2.75) is 13.5 Å². The van der Waals surface area contributed by atoms with Crippen LogP contribution in [0.5, 0.6) is 11.5 Å². The van der Waals surface area contributed by atoms with E-state index in [2.05, 4.69) is 9.97 Å². The first kappa shape index (κ1) is 21.0. The second-order valence-electron chi connectivity index (χ2n) is 6.93. The van der Waals surface area contributed by atoms with Crippen molar-refractivity contribution in [1.82, 2.24) is 9.97 Å². The van der Waals surface area contributed by atoms with Gasteiger partial charge in [-0.2, -0.15) is 0 Å². The minimum Gasteiger partial charge on any atom is -0.493 e. The number of H-pyrrole nitrogens is 1. The molecule has 1 aromatic heterocycles. The van der Waals surface area contributed by atoms with Gasteiger partial charge < -0.3 is 14.5 Å². The molecular formula is C22H17Cl2N3O4. The van der Waals surface area contributed by atoms with E-state index in [0.29, 0.717) is 32.5 Å². The van der Waals surface area contributed by atoms with E-state index in [4.69, 9.17) is 32.7 Å². The summed E-state index contributed by atoms with van der Waals surface area (Å²) in [5, 5.41) is 12.6. The van der Waals surface area contributed by atoms with Crippen LogP contribution in [-0.2, 0) is 6.61 Å². The van der Waals surface area contributed by atoms with Crippen LogP contribution in [0, 0.1) is 17.0 Å². The molecule has 3 aromatic carbocycles. The zero-order chi connectivity index (χ0) is 22.1. The predicted octanol–water partition coefficient (Wildman–Crippen LogP) is 6.34. The molecular weight excluding hydrogens is 441 g/mol. The molecule has 0 aliphatic heterocycles. The highest BCUT2D eigenvalue weighted by Gasteiger charge is 2.24. The van der Waals surface area contributed by atoms with Crippen LogP contribution in [0.3, 0.4) is 0 Å². The Hall–Kier alpha value is -3.29. The number of nitrogens with one attached hydrogen (secondary N) is 1. The van der Waals surface area contributed by atoms with Gasteiger partial charge in [-0.15, -0.1) is 0 Å². The molecule has 4 aromatic rings. The molecule has 0 aliphatic rings.